The van der Waals surface area contributed by atoms with Crippen LogP contribution in [-0.4, -0.2) is 23.3 Å². The molecular weight excluding hydrogens is 202 g/mol. The van der Waals surface area contributed by atoms with E-state index in [1.807, 2.05) is 0 Å². The van der Waals surface area contributed by atoms with Crippen LogP contribution >= 0.6 is 11.6 Å². The number of aromatic nitrogens is 2. The van der Waals surface area contributed by atoms with Crippen molar-refractivity contribution in [3.8, 4) is 0 Å². The van der Waals surface area contributed by atoms with Crippen molar-refractivity contribution in [1.29, 1.82) is 0 Å². The monoisotopic (exact) mass is 213 g/mol. The van der Waals surface area contributed by atoms with Gasteiger partial charge in [0.2, 0.25) is 5.43 Å². The predicted octanol–water partition coefficient (Wildman–Crippen LogP) is 1.41. The van der Waals surface area contributed by atoms with Crippen molar-refractivity contribution in [3.63, 3.8) is 0 Å². The van der Waals surface area contributed by atoms with Crippen molar-refractivity contribution in [2.75, 3.05) is 18.0 Å². The molecule has 1 aliphatic rings. The first-order valence-corrected chi connectivity index (χ1v) is 5.15. The van der Waals surface area contributed by atoms with E-state index in [0.717, 1.165) is 25.9 Å². The topological polar surface area (TPSA) is 49.0 Å². The van der Waals surface area contributed by atoms with Crippen molar-refractivity contribution < 1.29 is 0 Å². The molecule has 0 unspecified atom stereocenters. The summed E-state index contributed by atoms with van der Waals surface area (Å²) in [7, 11) is 0. The molecule has 0 aromatic carbocycles. The number of halogens is 1. The first kappa shape index (κ1) is 9.52. The molecule has 14 heavy (non-hydrogen) atoms. The van der Waals surface area contributed by atoms with Gasteiger partial charge in [-0.3, -0.25) is 9.89 Å². The molecule has 1 aromatic rings. The smallest absolute Gasteiger partial charge is 0.220 e. The molecule has 1 fully saturated rings. The molecule has 0 amide bonds. The van der Waals surface area contributed by atoms with Gasteiger partial charge in [-0.05, 0) is 19.3 Å². The van der Waals surface area contributed by atoms with Crippen LogP contribution in [0.15, 0.2) is 11.0 Å². The van der Waals surface area contributed by atoms with Crippen LogP contribution in [0.2, 0.25) is 5.02 Å². The lowest BCUT2D eigenvalue weighted by Gasteiger charge is -2.28. The van der Waals surface area contributed by atoms with E-state index < -0.39 is 0 Å². The lowest BCUT2D eigenvalue weighted by Crippen LogP contribution is -2.31. The minimum Gasteiger partial charge on any atom is -0.356 e. The van der Waals surface area contributed by atoms with E-state index in [9.17, 15) is 4.79 Å². The number of aromatic amines is 1. The van der Waals surface area contributed by atoms with E-state index >= 15 is 0 Å². The Hall–Kier alpha value is -1.03. The molecule has 76 valence electrons. The third-order valence-electron chi connectivity index (χ3n) is 2.45. The van der Waals surface area contributed by atoms with Crippen molar-refractivity contribution in [2.24, 2.45) is 0 Å². The molecule has 2 heterocycles. The number of H-pyrrole nitrogens is 1. The molecule has 2 rings (SSSR count). The molecule has 0 aliphatic carbocycles. The highest BCUT2D eigenvalue weighted by Gasteiger charge is 2.15. The summed E-state index contributed by atoms with van der Waals surface area (Å²) in [5.41, 5.74) is -0.217. The Kier molecular flexibility index (Phi) is 2.72. The first-order chi connectivity index (χ1) is 6.79. The maximum Gasteiger partial charge on any atom is 0.220 e. The average molecular weight is 214 g/mol. The molecular formula is C9H12ClN3O. The highest BCUT2D eigenvalue weighted by Crippen LogP contribution is 2.21. The molecule has 0 saturated carbocycles. The fourth-order valence-corrected chi connectivity index (χ4v) is 1.91. The number of hydrogen-bond donors (Lipinski definition) is 1. The van der Waals surface area contributed by atoms with Gasteiger partial charge in [-0.2, -0.15) is 5.10 Å². The number of nitrogens with one attached hydrogen (secondary N) is 1. The third-order valence-corrected chi connectivity index (χ3v) is 2.81. The van der Waals surface area contributed by atoms with Crippen LogP contribution in [0.1, 0.15) is 19.3 Å². The summed E-state index contributed by atoms with van der Waals surface area (Å²) < 4.78 is 0. The molecule has 1 saturated heterocycles. The van der Waals surface area contributed by atoms with Crippen LogP contribution in [0, 0.1) is 0 Å². The number of nitrogens with zero attached hydrogens (tertiary/aromatic N) is 2. The van der Waals surface area contributed by atoms with Gasteiger partial charge in [-0.25, -0.2) is 0 Å². The molecule has 5 heteroatoms. The average Bonchev–Trinajstić information content (AvgIpc) is 2.23. The summed E-state index contributed by atoms with van der Waals surface area (Å²) in [5.74, 6) is 0.666. The fourth-order valence-electron chi connectivity index (χ4n) is 1.70. The molecule has 1 aromatic heterocycles. The number of anilines is 1. The Labute approximate surface area is 86.9 Å². The Morgan fingerprint density at radius 1 is 1.36 bits per heavy atom. The van der Waals surface area contributed by atoms with E-state index in [1.165, 1.54) is 12.6 Å². The summed E-state index contributed by atoms with van der Waals surface area (Å²) in [6.45, 7) is 1.89. The fraction of sp³-hybridized carbons (Fsp3) is 0.556. The maximum absolute atomic E-state index is 11.2. The summed E-state index contributed by atoms with van der Waals surface area (Å²) >= 11 is 5.90. The van der Waals surface area contributed by atoms with E-state index in [4.69, 9.17) is 11.6 Å². The zero-order valence-electron chi connectivity index (χ0n) is 7.79. The van der Waals surface area contributed by atoms with Crippen LogP contribution in [0.25, 0.3) is 0 Å². The van der Waals surface area contributed by atoms with Crippen molar-refractivity contribution in [1.82, 2.24) is 10.2 Å². The predicted molar refractivity (Wildman–Crippen MR) is 55.9 cm³/mol. The van der Waals surface area contributed by atoms with Crippen molar-refractivity contribution in [2.45, 2.75) is 19.3 Å². The normalized spacial score (nSPS) is 17.1. The highest BCUT2D eigenvalue weighted by molar-refractivity contribution is 6.32. The minimum atomic E-state index is -0.217. The van der Waals surface area contributed by atoms with Crippen LogP contribution in [0.3, 0.4) is 0 Å². The number of piperidine rings is 1. The first-order valence-electron chi connectivity index (χ1n) is 4.77. The summed E-state index contributed by atoms with van der Waals surface area (Å²) in [5, 5.41) is 6.80. The zero-order valence-corrected chi connectivity index (χ0v) is 8.55. The Bertz CT molecular complexity index is 371. The molecule has 0 radical (unpaired) electrons. The summed E-state index contributed by atoms with van der Waals surface area (Å²) in [6.07, 6.45) is 4.74. The second-order valence-electron chi connectivity index (χ2n) is 3.44. The molecule has 0 spiro atoms. The van der Waals surface area contributed by atoms with Gasteiger partial charge in [0.05, 0.1) is 6.20 Å². The van der Waals surface area contributed by atoms with Gasteiger partial charge in [-0.15, -0.1) is 0 Å². The van der Waals surface area contributed by atoms with E-state index in [-0.39, 0.29) is 10.5 Å². The SMILES string of the molecule is O=c1cn[nH]c(N2CCCCC2)c1Cl. The Morgan fingerprint density at radius 3 is 2.79 bits per heavy atom. The lowest BCUT2D eigenvalue weighted by atomic mass is 10.1. The van der Waals surface area contributed by atoms with E-state index in [1.54, 1.807) is 0 Å². The van der Waals surface area contributed by atoms with Gasteiger partial charge >= 0.3 is 0 Å². The maximum atomic E-state index is 11.2. The van der Waals surface area contributed by atoms with Crippen LogP contribution in [0.4, 0.5) is 5.82 Å². The van der Waals surface area contributed by atoms with Gasteiger partial charge in [0.15, 0.2) is 0 Å². The third kappa shape index (κ3) is 1.75. The minimum absolute atomic E-state index is 0.217. The lowest BCUT2D eigenvalue weighted by molar-refractivity contribution is 0.571. The second kappa shape index (κ2) is 4.00. The number of hydrogen-bond acceptors (Lipinski definition) is 3. The van der Waals surface area contributed by atoms with Gasteiger partial charge in [0.1, 0.15) is 10.8 Å². The quantitative estimate of drug-likeness (QED) is 0.768. The molecule has 0 bridgehead atoms. The van der Waals surface area contributed by atoms with Crippen LogP contribution < -0.4 is 10.3 Å². The van der Waals surface area contributed by atoms with Crippen molar-refractivity contribution >= 4 is 17.4 Å². The van der Waals surface area contributed by atoms with Gasteiger partial charge in [0, 0.05) is 13.1 Å². The molecule has 1 aliphatic heterocycles. The summed E-state index contributed by atoms with van der Waals surface area (Å²) in [4.78, 5) is 13.3. The summed E-state index contributed by atoms with van der Waals surface area (Å²) in [6, 6.07) is 0. The van der Waals surface area contributed by atoms with Gasteiger partial charge in [0.25, 0.3) is 0 Å². The molecule has 1 N–H and O–H groups in total. The van der Waals surface area contributed by atoms with Crippen LogP contribution in [-0.2, 0) is 0 Å². The second-order valence-corrected chi connectivity index (χ2v) is 3.82. The molecule has 0 atom stereocenters. The zero-order chi connectivity index (χ0) is 9.97. The van der Waals surface area contributed by atoms with Gasteiger partial charge in [-0.1, -0.05) is 11.6 Å². The Balaban J connectivity index is 2.30. The van der Waals surface area contributed by atoms with Crippen molar-refractivity contribution in [3.05, 3.63) is 21.4 Å². The molecule has 4 nitrogen and oxygen atoms in total. The Morgan fingerprint density at radius 2 is 2.07 bits per heavy atom. The van der Waals surface area contributed by atoms with Gasteiger partial charge < -0.3 is 4.90 Å². The van der Waals surface area contributed by atoms with Crippen LogP contribution in [0.5, 0.6) is 0 Å². The number of rotatable bonds is 1. The highest BCUT2D eigenvalue weighted by atomic mass is 35.5. The standard InChI is InChI=1S/C9H12ClN3O/c10-8-7(14)6-11-12-9(8)13-4-2-1-3-5-13/h6H,1-5H2,(H,12,14). The van der Waals surface area contributed by atoms with E-state index in [0.29, 0.717) is 5.82 Å². The van der Waals surface area contributed by atoms with E-state index in [2.05, 4.69) is 15.1 Å². The largest absolute Gasteiger partial charge is 0.356 e.